The number of esters is 1. The first kappa shape index (κ1) is 28.4. The minimum Gasteiger partial charge on any atom is -0.507 e. The van der Waals surface area contributed by atoms with Crippen molar-refractivity contribution in [1.29, 1.82) is 0 Å². The Morgan fingerprint density at radius 1 is 0.976 bits per heavy atom. The van der Waals surface area contributed by atoms with Crippen LogP contribution in [-0.2, 0) is 26.0 Å². The van der Waals surface area contributed by atoms with Gasteiger partial charge in [-0.2, -0.15) is 0 Å². The number of sulfonamides is 1. The molecule has 2 atom stereocenters. The molecule has 1 aliphatic rings. The van der Waals surface area contributed by atoms with E-state index in [4.69, 9.17) is 4.74 Å². The first-order valence-electron chi connectivity index (χ1n) is 13.8. The average molecular weight is 571 g/mol. The Kier molecular flexibility index (Phi) is 7.87. The molecule has 0 amide bonds. The molecule has 41 heavy (non-hydrogen) atoms. The van der Waals surface area contributed by atoms with Gasteiger partial charge < -0.3 is 9.84 Å². The summed E-state index contributed by atoms with van der Waals surface area (Å²) in [5.74, 6) is -1.19. The minimum atomic E-state index is -3.97. The average Bonchev–Trinajstić information content (AvgIpc) is 3.17. The van der Waals surface area contributed by atoms with Gasteiger partial charge in [0.15, 0.2) is 5.60 Å². The lowest BCUT2D eigenvalue weighted by atomic mass is 9.79. The standard InChI is InChI=1S/C33H34N2O5S/c1-4-18-33(21-23-11-6-5-7-12-23)31(36)29(32(37)40-33)28(22(2)3)25-14-8-16-26(20-25)35-41(38,39)27-17-9-13-24-15-10-19-34-30(24)27/h5-17,19-20,22,28,35-36H,4,18,21H2,1-3H3. The lowest BCUT2D eigenvalue weighted by Gasteiger charge is -2.28. The second-order valence-electron chi connectivity index (χ2n) is 10.8. The normalized spacial score (nSPS) is 18.1. The van der Waals surface area contributed by atoms with Crippen molar-refractivity contribution in [2.45, 2.75) is 56.4 Å². The van der Waals surface area contributed by atoms with E-state index in [0.717, 1.165) is 10.9 Å². The van der Waals surface area contributed by atoms with Crippen LogP contribution in [0.3, 0.4) is 0 Å². The monoisotopic (exact) mass is 570 g/mol. The molecule has 0 fully saturated rings. The summed E-state index contributed by atoms with van der Waals surface area (Å²) in [4.78, 5) is 17.8. The van der Waals surface area contributed by atoms with Crippen LogP contribution in [0.25, 0.3) is 10.9 Å². The number of aliphatic hydroxyl groups is 1. The van der Waals surface area contributed by atoms with Gasteiger partial charge in [0.25, 0.3) is 10.0 Å². The fourth-order valence-electron chi connectivity index (χ4n) is 5.79. The molecule has 5 rings (SSSR count). The summed E-state index contributed by atoms with van der Waals surface area (Å²) in [5.41, 5.74) is 1.46. The molecule has 0 aliphatic carbocycles. The lowest BCUT2D eigenvalue weighted by molar-refractivity contribution is -0.149. The van der Waals surface area contributed by atoms with Crippen molar-refractivity contribution in [1.82, 2.24) is 4.98 Å². The predicted octanol–water partition coefficient (Wildman–Crippen LogP) is 6.93. The second-order valence-corrected chi connectivity index (χ2v) is 12.5. The third-order valence-electron chi connectivity index (χ3n) is 7.54. The van der Waals surface area contributed by atoms with Crippen LogP contribution in [0.15, 0.2) is 107 Å². The number of carbonyl (C=O) groups excluding carboxylic acids is 1. The van der Waals surface area contributed by atoms with Crippen LogP contribution in [0.5, 0.6) is 0 Å². The number of rotatable bonds is 10. The lowest BCUT2D eigenvalue weighted by Crippen LogP contribution is -2.34. The smallest absolute Gasteiger partial charge is 0.339 e. The fraction of sp³-hybridized carbons (Fsp3) is 0.273. The molecular weight excluding hydrogens is 536 g/mol. The summed E-state index contributed by atoms with van der Waals surface area (Å²) in [6.07, 6.45) is 3.12. The molecule has 1 aliphatic heterocycles. The molecule has 0 spiro atoms. The number of para-hydroxylation sites is 1. The molecule has 1 aromatic heterocycles. The molecule has 4 aromatic rings. The van der Waals surface area contributed by atoms with E-state index >= 15 is 0 Å². The van der Waals surface area contributed by atoms with Gasteiger partial charge in [-0.05, 0) is 47.7 Å². The zero-order chi connectivity index (χ0) is 29.2. The van der Waals surface area contributed by atoms with Gasteiger partial charge in [-0.15, -0.1) is 0 Å². The number of carbonyl (C=O) groups is 1. The van der Waals surface area contributed by atoms with E-state index in [2.05, 4.69) is 9.71 Å². The van der Waals surface area contributed by atoms with E-state index in [1.54, 1.807) is 36.5 Å². The molecule has 0 saturated carbocycles. The van der Waals surface area contributed by atoms with Gasteiger partial charge in [0.05, 0.1) is 11.1 Å². The summed E-state index contributed by atoms with van der Waals surface area (Å²) >= 11 is 0. The van der Waals surface area contributed by atoms with E-state index in [1.165, 1.54) is 6.07 Å². The first-order valence-corrected chi connectivity index (χ1v) is 15.3. The fourth-order valence-corrected chi connectivity index (χ4v) is 7.02. The van der Waals surface area contributed by atoms with Crippen LogP contribution in [-0.4, -0.2) is 30.1 Å². The molecule has 0 radical (unpaired) electrons. The number of ether oxygens (including phenoxy) is 1. The number of benzene rings is 3. The Morgan fingerprint density at radius 2 is 1.71 bits per heavy atom. The number of aromatic nitrogens is 1. The number of fused-ring (bicyclic) bond motifs is 1. The molecule has 8 heteroatoms. The number of hydrogen-bond donors (Lipinski definition) is 2. The molecule has 3 aromatic carbocycles. The first-order chi connectivity index (χ1) is 19.6. The van der Waals surface area contributed by atoms with Gasteiger partial charge in [-0.25, -0.2) is 13.2 Å². The van der Waals surface area contributed by atoms with Crippen LogP contribution in [0.2, 0.25) is 0 Å². The zero-order valence-electron chi connectivity index (χ0n) is 23.4. The second kappa shape index (κ2) is 11.4. The van der Waals surface area contributed by atoms with Gasteiger partial charge in [-0.1, -0.05) is 87.9 Å². The van der Waals surface area contributed by atoms with E-state index in [9.17, 15) is 18.3 Å². The Hall–Kier alpha value is -4.17. The molecule has 0 bridgehead atoms. The third kappa shape index (κ3) is 5.57. The highest BCUT2D eigenvalue weighted by Crippen LogP contribution is 2.45. The maximum atomic E-state index is 13.4. The number of cyclic esters (lactones) is 1. The molecule has 2 heterocycles. The summed E-state index contributed by atoms with van der Waals surface area (Å²) in [6, 6.07) is 25.2. The van der Waals surface area contributed by atoms with E-state index in [1.807, 2.05) is 69.3 Å². The maximum absolute atomic E-state index is 13.4. The van der Waals surface area contributed by atoms with Crippen molar-refractivity contribution in [3.05, 3.63) is 114 Å². The Labute approximate surface area is 241 Å². The van der Waals surface area contributed by atoms with Gasteiger partial charge in [0.2, 0.25) is 0 Å². The number of nitrogens with zero attached hydrogens (tertiary/aromatic N) is 1. The Morgan fingerprint density at radius 3 is 2.44 bits per heavy atom. The summed E-state index contributed by atoms with van der Waals surface area (Å²) in [7, 11) is -3.97. The van der Waals surface area contributed by atoms with Crippen molar-refractivity contribution in [2.24, 2.45) is 5.92 Å². The Balaban J connectivity index is 1.52. The summed E-state index contributed by atoms with van der Waals surface area (Å²) in [6.45, 7) is 5.93. The maximum Gasteiger partial charge on any atom is 0.339 e. The van der Waals surface area contributed by atoms with Gasteiger partial charge in [0.1, 0.15) is 10.7 Å². The molecule has 212 valence electrons. The predicted molar refractivity (Wildman–Crippen MR) is 160 cm³/mol. The van der Waals surface area contributed by atoms with Gasteiger partial charge in [-0.3, -0.25) is 9.71 Å². The van der Waals surface area contributed by atoms with Crippen LogP contribution in [0, 0.1) is 5.92 Å². The van der Waals surface area contributed by atoms with Crippen molar-refractivity contribution in [2.75, 3.05) is 4.72 Å². The van der Waals surface area contributed by atoms with E-state index in [0.29, 0.717) is 36.0 Å². The van der Waals surface area contributed by atoms with E-state index < -0.39 is 27.5 Å². The minimum absolute atomic E-state index is 0.0419. The molecule has 2 N–H and O–H groups in total. The number of pyridine rings is 1. The highest BCUT2D eigenvalue weighted by Gasteiger charge is 2.50. The highest BCUT2D eigenvalue weighted by atomic mass is 32.2. The van der Waals surface area contributed by atoms with Crippen LogP contribution in [0.4, 0.5) is 5.69 Å². The summed E-state index contributed by atoms with van der Waals surface area (Å²) in [5, 5.41) is 12.4. The number of nitrogens with one attached hydrogen (secondary N) is 1. The highest BCUT2D eigenvalue weighted by molar-refractivity contribution is 7.93. The summed E-state index contributed by atoms with van der Waals surface area (Å²) < 4.78 is 35.6. The van der Waals surface area contributed by atoms with Crippen molar-refractivity contribution in [3.63, 3.8) is 0 Å². The number of hydrogen-bond acceptors (Lipinski definition) is 6. The van der Waals surface area contributed by atoms with Gasteiger partial charge >= 0.3 is 5.97 Å². The van der Waals surface area contributed by atoms with Crippen molar-refractivity contribution < 1.29 is 23.1 Å². The topological polar surface area (TPSA) is 106 Å². The van der Waals surface area contributed by atoms with Crippen LogP contribution < -0.4 is 4.72 Å². The van der Waals surface area contributed by atoms with Crippen LogP contribution >= 0.6 is 0 Å². The molecule has 0 saturated heterocycles. The quantitative estimate of drug-likeness (QED) is 0.200. The van der Waals surface area contributed by atoms with Crippen LogP contribution in [0.1, 0.15) is 50.7 Å². The molecule has 7 nitrogen and oxygen atoms in total. The number of anilines is 1. The van der Waals surface area contributed by atoms with Crippen molar-refractivity contribution >= 4 is 32.6 Å². The molecular formula is C33H34N2O5S. The molecule has 2 unspecified atom stereocenters. The van der Waals surface area contributed by atoms with Gasteiger partial charge in [0, 0.05) is 29.6 Å². The number of aliphatic hydroxyl groups excluding tert-OH is 1. The Bertz CT molecular complexity index is 1710. The third-order valence-corrected chi connectivity index (χ3v) is 8.95. The SMILES string of the molecule is CCCC1(Cc2ccccc2)OC(=O)C(C(c2cccc(NS(=O)(=O)c3cccc4cccnc34)c2)C(C)C)=C1O. The van der Waals surface area contributed by atoms with E-state index in [-0.39, 0.29) is 22.1 Å². The zero-order valence-corrected chi connectivity index (χ0v) is 24.2. The van der Waals surface area contributed by atoms with Crippen molar-refractivity contribution in [3.8, 4) is 0 Å². The largest absolute Gasteiger partial charge is 0.507 e.